The second-order valence-corrected chi connectivity index (χ2v) is 5.64. The van der Waals surface area contributed by atoms with Gasteiger partial charge >= 0.3 is 0 Å². The number of nitrogens with zero attached hydrogens (tertiary/aromatic N) is 1. The van der Waals surface area contributed by atoms with Crippen LogP contribution >= 0.6 is 24.0 Å². The molecule has 2 N–H and O–H groups in total. The van der Waals surface area contributed by atoms with Crippen LogP contribution in [0.1, 0.15) is 18.4 Å². The Balaban J connectivity index is 0.00000147. The molecular formula is C15H19Cl2N3. The number of rotatable bonds is 3. The summed E-state index contributed by atoms with van der Waals surface area (Å²) in [6, 6.07) is 8.48. The average molecular weight is 312 g/mol. The molecule has 0 aromatic heterocycles. The summed E-state index contributed by atoms with van der Waals surface area (Å²) in [5.41, 5.74) is 1.09. The molecule has 20 heavy (non-hydrogen) atoms. The first kappa shape index (κ1) is 15.4. The second kappa shape index (κ2) is 6.61. The van der Waals surface area contributed by atoms with Gasteiger partial charge in [-0.05, 0) is 43.2 Å². The number of aliphatic imine (C=N–C) groups is 1. The van der Waals surface area contributed by atoms with Crippen molar-refractivity contribution in [3.05, 3.63) is 47.1 Å². The van der Waals surface area contributed by atoms with E-state index in [1.165, 1.54) is 18.4 Å². The third kappa shape index (κ3) is 3.17. The van der Waals surface area contributed by atoms with Crippen LogP contribution in [0.15, 0.2) is 41.5 Å². The molecule has 0 spiro atoms. The molecule has 2 heterocycles. The molecule has 2 aliphatic rings. The minimum atomic E-state index is -0.171. The Morgan fingerprint density at radius 3 is 2.70 bits per heavy atom. The van der Waals surface area contributed by atoms with Crippen molar-refractivity contribution < 1.29 is 0 Å². The molecule has 0 bridgehead atoms. The maximum Gasteiger partial charge on any atom is 0.101 e. The molecular weight excluding hydrogens is 293 g/mol. The van der Waals surface area contributed by atoms with E-state index in [9.17, 15) is 0 Å². The van der Waals surface area contributed by atoms with E-state index in [0.29, 0.717) is 6.04 Å². The zero-order chi connectivity index (χ0) is 13.1. The van der Waals surface area contributed by atoms with Crippen molar-refractivity contribution >= 4 is 30.3 Å². The van der Waals surface area contributed by atoms with Gasteiger partial charge < -0.3 is 10.6 Å². The van der Waals surface area contributed by atoms with Gasteiger partial charge in [-0.1, -0.05) is 23.7 Å². The first-order valence-electron chi connectivity index (χ1n) is 6.74. The van der Waals surface area contributed by atoms with Crippen LogP contribution in [0.4, 0.5) is 0 Å². The van der Waals surface area contributed by atoms with Crippen LogP contribution in [0.5, 0.6) is 0 Å². The largest absolute Gasteiger partial charge is 0.353 e. The highest BCUT2D eigenvalue weighted by Gasteiger charge is 2.38. The summed E-state index contributed by atoms with van der Waals surface area (Å²) in [6.45, 7) is 1.09. The lowest BCUT2D eigenvalue weighted by Crippen LogP contribution is -2.48. The molecule has 1 unspecified atom stereocenters. The van der Waals surface area contributed by atoms with E-state index in [-0.39, 0.29) is 17.9 Å². The van der Waals surface area contributed by atoms with Crippen LogP contribution in [0.25, 0.3) is 0 Å². The minimum absolute atomic E-state index is 0. The SMILES string of the molecule is Cl.Clc1ccc(C[C@]2(C3CCCN3)C=CNC=N2)cc1. The van der Waals surface area contributed by atoms with Crippen LogP contribution in [0.2, 0.25) is 5.02 Å². The monoisotopic (exact) mass is 311 g/mol. The van der Waals surface area contributed by atoms with Gasteiger partial charge in [-0.25, -0.2) is 0 Å². The summed E-state index contributed by atoms with van der Waals surface area (Å²) < 4.78 is 0. The Kier molecular flexibility index (Phi) is 5.08. The second-order valence-electron chi connectivity index (χ2n) is 5.20. The highest BCUT2D eigenvalue weighted by molar-refractivity contribution is 6.30. The first-order chi connectivity index (χ1) is 9.28. The molecule has 0 radical (unpaired) electrons. The van der Waals surface area contributed by atoms with Crippen LogP contribution in [-0.4, -0.2) is 24.5 Å². The molecule has 0 saturated carbocycles. The van der Waals surface area contributed by atoms with Crippen molar-refractivity contribution in [2.75, 3.05) is 6.54 Å². The van der Waals surface area contributed by atoms with E-state index in [4.69, 9.17) is 16.6 Å². The van der Waals surface area contributed by atoms with Crippen molar-refractivity contribution in [3.8, 4) is 0 Å². The predicted molar refractivity (Wildman–Crippen MR) is 86.9 cm³/mol. The molecule has 0 amide bonds. The normalized spacial score (nSPS) is 27.9. The van der Waals surface area contributed by atoms with E-state index in [1.807, 2.05) is 18.3 Å². The predicted octanol–water partition coefficient (Wildman–Crippen LogP) is 2.94. The Bertz CT molecular complexity index is 478. The third-order valence-corrected chi connectivity index (χ3v) is 4.16. The third-order valence-electron chi connectivity index (χ3n) is 3.91. The summed E-state index contributed by atoms with van der Waals surface area (Å²) in [7, 11) is 0. The Hall–Kier alpha value is -1.03. The van der Waals surface area contributed by atoms with Gasteiger partial charge in [0.1, 0.15) is 5.54 Å². The average Bonchev–Trinajstić information content (AvgIpc) is 2.97. The fourth-order valence-corrected chi connectivity index (χ4v) is 3.04. The number of hydrogen-bond acceptors (Lipinski definition) is 3. The van der Waals surface area contributed by atoms with Crippen molar-refractivity contribution in [2.24, 2.45) is 4.99 Å². The summed E-state index contributed by atoms with van der Waals surface area (Å²) in [5.74, 6) is 0. The number of halogens is 2. The van der Waals surface area contributed by atoms with E-state index in [0.717, 1.165) is 18.0 Å². The standard InChI is InChI=1S/C15H18ClN3.ClH/c16-13-5-3-12(4-6-13)10-15(7-9-17-11-19-15)14-2-1-8-18-14;/h3-7,9,11,14,18H,1-2,8,10H2,(H,17,19);1H/t14?,15-;/m0./s1. The maximum atomic E-state index is 5.95. The van der Waals surface area contributed by atoms with Gasteiger partial charge in [-0.15, -0.1) is 12.4 Å². The molecule has 1 saturated heterocycles. The quantitative estimate of drug-likeness (QED) is 0.900. The lowest BCUT2D eigenvalue weighted by molar-refractivity contribution is 0.385. The summed E-state index contributed by atoms with van der Waals surface area (Å²) in [4.78, 5) is 4.74. The van der Waals surface area contributed by atoms with Crippen LogP contribution in [0, 0.1) is 0 Å². The molecule has 2 atom stereocenters. The van der Waals surface area contributed by atoms with Crippen molar-refractivity contribution in [3.63, 3.8) is 0 Å². The molecule has 0 aliphatic carbocycles. The smallest absolute Gasteiger partial charge is 0.101 e. The van der Waals surface area contributed by atoms with Crippen molar-refractivity contribution in [2.45, 2.75) is 30.8 Å². The zero-order valence-electron chi connectivity index (χ0n) is 11.2. The van der Waals surface area contributed by atoms with Crippen molar-refractivity contribution in [1.29, 1.82) is 0 Å². The Labute approximate surface area is 130 Å². The van der Waals surface area contributed by atoms with Gasteiger partial charge in [0.2, 0.25) is 0 Å². The van der Waals surface area contributed by atoms with Gasteiger partial charge in [0.15, 0.2) is 0 Å². The van der Waals surface area contributed by atoms with Gasteiger partial charge in [0, 0.05) is 23.7 Å². The number of hydrogen-bond donors (Lipinski definition) is 2. The number of nitrogens with one attached hydrogen (secondary N) is 2. The number of benzene rings is 1. The fraction of sp³-hybridized carbons (Fsp3) is 0.400. The van der Waals surface area contributed by atoms with E-state index >= 15 is 0 Å². The zero-order valence-corrected chi connectivity index (χ0v) is 12.8. The molecule has 5 heteroatoms. The Morgan fingerprint density at radius 2 is 2.10 bits per heavy atom. The maximum absolute atomic E-state index is 5.95. The van der Waals surface area contributed by atoms with E-state index in [2.05, 4.69) is 28.8 Å². The molecule has 1 fully saturated rings. The van der Waals surface area contributed by atoms with Gasteiger partial charge in [0.25, 0.3) is 0 Å². The lowest BCUT2D eigenvalue weighted by atomic mass is 9.83. The van der Waals surface area contributed by atoms with Gasteiger partial charge in [-0.3, -0.25) is 4.99 Å². The van der Waals surface area contributed by atoms with Gasteiger partial charge in [-0.2, -0.15) is 0 Å². The van der Waals surface area contributed by atoms with Gasteiger partial charge in [0.05, 0.1) is 6.34 Å². The first-order valence-corrected chi connectivity index (χ1v) is 7.12. The summed E-state index contributed by atoms with van der Waals surface area (Å²) in [6.07, 6.45) is 9.28. The van der Waals surface area contributed by atoms with Crippen LogP contribution in [-0.2, 0) is 6.42 Å². The lowest BCUT2D eigenvalue weighted by Gasteiger charge is -2.34. The molecule has 1 aromatic rings. The Morgan fingerprint density at radius 1 is 1.30 bits per heavy atom. The minimum Gasteiger partial charge on any atom is -0.353 e. The van der Waals surface area contributed by atoms with Crippen LogP contribution < -0.4 is 10.6 Å². The highest BCUT2D eigenvalue weighted by Crippen LogP contribution is 2.30. The van der Waals surface area contributed by atoms with Crippen LogP contribution in [0.3, 0.4) is 0 Å². The summed E-state index contributed by atoms with van der Waals surface area (Å²) >= 11 is 5.95. The molecule has 2 aliphatic heterocycles. The summed E-state index contributed by atoms with van der Waals surface area (Å²) in [5, 5.41) is 7.40. The van der Waals surface area contributed by atoms with Crippen molar-refractivity contribution in [1.82, 2.24) is 10.6 Å². The van der Waals surface area contributed by atoms with E-state index in [1.54, 1.807) is 6.34 Å². The molecule has 1 aromatic carbocycles. The topological polar surface area (TPSA) is 36.4 Å². The highest BCUT2D eigenvalue weighted by atomic mass is 35.5. The molecule has 3 nitrogen and oxygen atoms in total. The molecule has 3 rings (SSSR count). The fourth-order valence-electron chi connectivity index (χ4n) is 2.91. The van der Waals surface area contributed by atoms with E-state index < -0.39 is 0 Å². The molecule has 108 valence electrons.